The number of hydrogen-bond donors (Lipinski definition) is 3. The smallest absolute Gasteiger partial charge is 0.253 e. The molecule has 4 N–H and O–H groups in total. The first kappa shape index (κ1) is 21.6. The van der Waals surface area contributed by atoms with E-state index in [1.165, 1.54) is 6.07 Å². The van der Waals surface area contributed by atoms with Crippen molar-refractivity contribution in [2.24, 2.45) is 5.73 Å². The Morgan fingerprint density at radius 3 is 2.50 bits per heavy atom. The number of amides is 1. The highest BCUT2D eigenvalue weighted by molar-refractivity contribution is 5.95. The lowest BCUT2D eigenvalue weighted by atomic mass is 9.97. The van der Waals surface area contributed by atoms with Gasteiger partial charge in [0.25, 0.3) is 5.91 Å². The number of nitrogens with zero attached hydrogens (tertiary/aromatic N) is 1. The number of nitrogens with two attached hydrogens (primary N) is 1. The van der Waals surface area contributed by atoms with Crippen molar-refractivity contribution in [2.45, 2.75) is 38.0 Å². The number of benzene rings is 2. The molecule has 0 saturated carbocycles. The van der Waals surface area contributed by atoms with E-state index in [1.54, 1.807) is 36.5 Å². The minimum absolute atomic E-state index is 0.0962. The number of rotatable bonds is 8. The van der Waals surface area contributed by atoms with Gasteiger partial charge in [-0.1, -0.05) is 48.5 Å². The largest absolute Gasteiger partial charge is 0.391 e. The number of aliphatic hydroxyl groups excluding tert-OH is 1. The van der Waals surface area contributed by atoms with Gasteiger partial charge < -0.3 is 16.2 Å². The van der Waals surface area contributed by atoms with E-state index in [0.717, 1.165) is 5.56 Å². The Labute approximate surface area is 175 Å². The van der Waals surface area contributed by atoms with Crippen molar-refractivity contribution in [2.75, 3.05) is 0 Å². The minimum Gasteiger partial charge on any atom is -0.391 e. The monoisotopic (exact) mass is 407 g/mol. The Hall–Kier alpha value is -3.09. The summed E-state index contributed by atoms with van der Waals surface area (Å²) in [5, 5.41) is 13.5. The molecule has 0 aliphatic carbocycles. The van der Waals surface area contributed by atoms with E-state index in [-0.39, 0.29) is 30.6 Å². The number of carbonyl (C=O) groups is 1. The zero-order chi connectivity index (χ0) is 21.5. The van der Waals surface area contributed by atoms with Gasteiger partial charge in [-0.2, -0.15) is 0 Å². The molecule has 0 unspecified atom stereocenters. The maximum Gasteiger partial charge on any atom is 0.253 e. The van der Waals surface area contributed by atoms with Gasteiger partial charge in [0.05, 0.1) is 23.4 Å². The third kappa shape index (κ3) is 5.49. The molecule has 6 heteroatoms. The second-order valence-electron chi connectivity index (χ2n) is 7.33. The third-order valence-electron chi connectivity index (χ3n) is 5.09. The topological polar surface area (TPSA) is 88.2 Å². The van der Waals surface area contributed by atoms with Crippen LogP contribution in [0.15, 0.2) is 72.9 Å². The molecule has 0 bridgehead atoms. The van der Waals surface area contributed by atoms with Crippen LogP contribution in [0.25, 0.3) is 0 Å². The van der Waals surface area contributed by atoms with E-state index in [0.29, 0.717) is 16.8 Å². The maximum atomic E-state index is 13.9. The average Bonchev–Trinajstić information content (AvgIpc) is 2.76. The predicted octanol–water partition coefficient (Wildman–Crippen LogP) is 3.19. The fourth-order valence-corrected chi connectivity index (χ4v) is 3.31. The lowest BCUT2D eigenvalue weighted by molar-refractivity contribution is 0.0936. The zero-order valence-corrected chi connectivity index (χ0v) is 16.8. The lowest BCUT2D eigenvalue weighted by Gasteiger charge is -2.20. The summed E-state index contributed by atoms with van der Waals surface area (Å²) in [6.07, 6.45) is 0.881. The van der Waals surface area contributed by atoms with Gasteiger partial charge in [0.1, 0.15) is 5.82 Å². The van der Waals surface area contributed by atoms with Crippen molar-refractivity contribution in [1.82, 2.24) is 10.3 Å². The van der Waals surface area contributed by atoms with Crippen LogP contribution in [-0.4, -0.2) is 28.1 Å². The van der Waals surface area contributed by atoms with Crippen LogP contribution in [0.2, 0.25) is 0 Å². The SMILES string of the molecule is C[C@H](NC(=O)c1cccnc1C[C@H](O)[C@H](N)Cc1ccccc1F)c1ccccc1. The molecule has 0 aliphatic heterocycles. The molecule has 1 heterocycles. The second-order valence-corrected chi connectivity index (χ2v) is 7.33. The summed E-state index contributed by atoms with van der Waals surface area (Å²) in [6.45, 7) is 1.91. The summed E-state index contributed by atoms with van der Waals surface area (Å²) >= 11 is 0. The Balaban J connectivity index is 1.68. The standard InChI is InChI=1S/C24H26FN3O2/c1-16(17-8-3-2-4-9-17)28-24(30)19-11-7-13-27-22(19)15-23(29)21(26)14-18-10-5-6-12-20(18)25/h2-13,16,21,23,29H,14-15,26H2,1H3,(H,28,30)/t16-,21+,23-/m0/s1. The van der Waals surface area contributed by atoms with Crippen LogP contribution < -0.4 is 11.1 Å². The first-order valence-corrected chi connectivity index (χ1v) is 9.92. The molecule has 30 heavy (non-hydrogen) atoms. The van der Waals surface area contributed by atoms with Gasteiger partial charge in [0, 0.05) is 18.7 Å². The fraction of sp³-hybridized carbons (Fsp3) is 0.250. The van der Waals surface area contributed by atoms with Crippen molar-refractivity contribution >= 4 is 5.91 Å². The predicted molar refractivity (Wildman–Crippen MR) is 114 cm³/mol. The lowest BCUT2D eigenvalue weighted by Crippen LogP contribution is -2.39. The molecule has 0 radical (unpaired) electrons. The van der Waals surface area contributed by atoms with Gasteiger partial charge in [-0.25, -0.2) is 4.39 Å². The maximum absolute atomic E-state index is 13.9. The molecule has 5 nitrogen and oxygen atoms in total. The number of nitrogens with one attached hydrogen (secondary N) is 1. The molecule has 1 amide bonds. The first-order valence-electron chi connectivity index (χ1n) is 9.92. The molecule has 3 aromatic rings. The summed E-state index contributed by atoms with van der Waals surface area (Å²) in [7, 11) is 0. The Morgan fingerprint density at radius 2 is 1.77 bits per heavy atom. The molecule has 0 saturated heterocycles. The summed E-state index contributed by atoms with van der Waals surface area (Å²) in [4.78, 5) is 17.1. The van der Waals surface area contributed by atoms with Gasteiger partial charge in [-0.05, 0) is 42.7 Å². The van der Waals surface area contributed by atoms with Crippen molar-refractivity contribution in [3.8, 4) is 0 Å². The Morgan fingerprint density at radius 1 is 1.07 bits per heavy atom. The molecular weight excluding hydrogens is 381 g/mol. The molecule has 3 atom stereocenters. The van der Waals surface area contributed by atoms with Crippen molar-refractivity contribution in [1.29, 1.82) is 0 Å². The number of halogens is 1. The van der Waals surface area contributed by atoms with E-state index in [2.05, 4.69) is 10.3 Å². The quantitative estimate of drug-likeness (QED) is 0.535. The van der Waals surface area contributed by atoms with E-state index in [1.807, 2.05) is 37.3 Å². The van der Waals surface area contributed by atoms with E-state index < -0.39 is 12.1 Å². The molecular formula is C24H26FN3O2. The molecule has 3 rings (SSSR count). The summed E-state index contributed by atoms with van der Waals surface area (Å²) in [6, 6.07) is 18.5. The fourth-order valence-electron chi connectivity index (χ4n) is 3.31. The molecule has 156 valence electrons. The molecule has 1 aromatic heterocycles. The van der Waals surface area contributed by atoms with E-state index in [4.69, 9.17) is 5.73 Å². The van der Waals surface area contributed by atoms with Gasteiger partial charge in [0.2, 0.25) is 0 Å². The summed E-state index contributed by atoms with van der Waals surface area (Å²) < 4.78 is 13.9. The van der Waals surface area contributed by atoms with Gasteiger partial charge in [0.15, 0.2) is 0 Å². The molecule has 0 spiro atoms. The third-order valence-corrected chi connectivity index (χ3v) is 5.09. The first-order chi connectivity index (χ1) is 14.5. The van der Waals surface area contributed by atoms with E-state index >= 15 is 0 Å². The van der Waals surface area contributed by atoms with Crippen LogP contribution in [0.1, 0.15) is 40.1 Å². The average molecular weight is 407 g/mol. The van der Waals surface area contributed by atoms with Crippen LogP contribution in [-0.2, 0) is 12.8 Å². The van der Waals surface area contributed by atoms with Crippen LogP contribution in [0.3, 0.4) is 0 Å². The van der Waals surface area contributed by atoms with Gasteiger partial charge in [-0.3, -0.25) is 9.78 Å². The number of aliphatic hydroxyl groups is 1. The highest BCUT2D eigenvalue weighted by Gasteiger charge is 2.22. The van der Waals surface area contributed by atoms with Crippen LogP contribution >= 0.6 is 0 Å². The van der Waals surface area contributed by atoms with Crippen LogP contribution in [0, 0.1) is 5.82 Å². The molecule has 0 aliphatic rings. The number of hydrogen-bond acceptors (Lipinski definition) is 4. The van der Waals surface area contributed by atoms with E-state index in [9.17, 15) is 14.3 Å². The summed E-state index contributed by atoms with van der Waals surface area (Å²) in [5.74, 6) is -0.628. The zero-order valence-electron chi connectivity index (χ0n) is 16.8. The number of pyridine rings is 1. The minimum atomic E-state index is -0.974. The highest BCUT2D eigenvalue weighted by atomic mass is 19.1. The van der Waals surface area contributed by atoms with Gasteiger partial charge in [-0.15, -0.1) is 0 Å². The van der Waals surface area contributed by atoms with Gasteiger partial charge >= 0.3 is 0 Å². The molecule has 2 aromatic carbocycles. The van der Waals surface area contributed by atoms with Crippen LogP contribution in [0.4, 0.5) is 4.39 Å². The molecule has 0 fully saturated rings. The second kappa shape index (κ2) is 10.1. The Kier molecular flexibility index (Phi) is 7.27. The van der Waals surface area contributed by atoms with Crippen molar-refractivity contribution < 1.29 is 14.3 Å². The highest BCUT2D eigenvalue weighted by Crippen LogP contribution is 2.16. The Bertz CT molecular complexity index is 981. The number of carbonyl (C=O) groups excluding carboxylic acids is 1. The van der Waals surface area contributed by atoms with Crippen LogP contribution in [0.5, 0.6) is 0 Å². The summed E-state index contributed by atoms with van der Waals surface area (Å²) in [5.41, 5.74) is 8.37. The number of aromatic nitrogens is 1. The van der Waals surface area contributed by atoms with Crippen molar-refractivity contribution in [3.63, 3.8) is 0 Å². The normalized spacial score (nSPS) is 14.0. The van der Waals surface area contributed by atoms with Crippen molar-refractivity contribution in [3.05, 3.63) is 101 Å².